The Morgan fingerprint density at radius 3 is 2.46 bits per heavy atom. The number of carbonyl (C=O) groups excluding carboxylic acids is 2. The maximum absolute atomic E-state index is 13.1. The van der Waals surface area contributed by atoms with E-state index in [9.17, 15) is 19.7 Å². The van der Waals surface area contributed by atoms with Crippen molar-refractivity contribution in [1.82, 2.24) is 15.0 Å². The minimum Gasteiger partial charge on any atom is -0.323 e. The quantitative estimate of drug-likeness (QED) is 0.142. The van der Waals surface area contributed by atoms with Crippen molar-refractivity contribution < 1.29 is 14.5 Å². The predicted octanol–water partition coefficient (Wildman–Crippen LogP) is 5.75. The first-order valence-electron chi connectivity index (χ1n) is 11.9. The highest BCUT2D eigenvalue weighted by Crippen LogP contribution is 2.22. The number of nitro groups is 1. The van der Waals surface area contributed by atoms with Gasteiger partial charge in [0.15, 0.2) is 5.65 Å². The maximum Gasteiger partial charge on any atom is 0.269 e. The van der Waals surface area contributed by atoms with Crippen molar-refractivity contribution in [3.8, 4) is 11.4 Å². The lowest BCUT2D eigenvalue weighted by Gasteiger charge is -2.10. The summed E-state index contributed by atoms with van der Waals surface area (Å²) >= 11 is 0. The zero-order valence-electron chi connectivity index (χ0n) is 20.7. The number of nitro benzene ring substituents is 1. The first-order valence-corrected chi connectivity index (χ1v) is 11.9. The molecule has 0 spiro atoms. The maximum atomic E-state index is 13.1. The molecule has 0 saturated heterocycles. The van der Waals surface area contributed by atoms with E-state index in [0.717, 1.165) is 11.1 Å². The molecule has 39 heavy (non-hydrogen) atoms. The predicted molar refractivity (Wildman–Crippen MR) is 149 cm³/mol. The number of nitrogens with one attached hydrogen (secondary N) is 3. The number of amides is 2. The van der Waals surface area contributed by atoms with Gasteiger partial charge in [0.1, 0.15) is 11.3 Å². The molecule has 0 saturated carbocycles. The summed E-state index contributed by atoms with van der Waals surface area (Å²) in [6.07, 6.45) is 4.41. The van der Waals surface area contributed by atoms with Crippen molar-refractivity contribution in [3.05, 3.63) is 118 Å². The highest BCUT2D eigenvalue weighted by atomic mass is 16.6. The summed E-state index contributed by atoms with van der Waals surface area (Å²) in [6, 6.07) is 22.3. The molecule has 0 aliphatic rings. The number of anilines is 2. The number of nitrogens with zero attached hydrogens (tertiary/aromatic N) is 3. The standard InChI is InChI=1S/C29H22N6O4/c1-18-7-11-21(31-26(36)14-10-19-8-12-23(13-9-19)35(38)39)15-24(18)29(37)32-22-16-25-28(30-17-22)34-27(33-25)20-5-3-2-4-6-20/h2-17H,1H3,(H,31,36)(H,32,37)(H,30,33,34). The summed E-state index contributed by atoms with van der Waals surface area (Å²) < 4.78 is 0. The van der Waals surface area contributed by atoms with Gasteiger partial charge < -0.3 is 15.6 Å². The summed E-state index contributed by atoms with van der Waals surface area (Å²) in [4.78, 5) is 47.9. The summed E-state index contributed by atoms with van der Waals surface area (Å²) in [5.74, 6) is -0.0838. The SMILES string of the molecule is Cc1ccc(NC(=O)C=Cc2ccc([N+](=O)[O-])cc2)cc1C(=O)Nc1cnc2[nH]c(-c3ccccc3)nc2c1. The molecule has 0 aliphatic carbocycles. The number of fused-ring (bicyclic) bond motifs is 1. The Hall–Kier alpha value is -5.64. The molecule has 0 atom stereocenters. The minimum atomic E-state index is -0.487. The van der Waals surface area contributed by atoms with Crippen molar-refractivity contribution in [1.29, 1.82) is 0 Å². The second kappa shape index (κ2) is 10.8. The van der Waals surface area contributed by atoms with Gasteiger partial charge in [0.2, 0.25) is 5.91 Å². The van der Waals surface area contributed by atoms with Gasteiger partial charge in [-0.05, 0) is 54.5 Å². The Morgan fingerprint density at radius 1 is 0.949 bits per heavy atom. The van der Waals surface area contributed by atoms with Crippen LogP contribution in [0.25, 0.3) is 28.6 Å². The van der Waals surface area contributed by atoms with Gasteiger partial charge in [-0.1, -0.05) is 36.4 Å². The van der Waals surface area contributed by atoms with Crippen molar-refractivity contribution in [3.63, 3.8) is 0 Å². The van der Waals surface area contributed by atoms with E-state index in [2.05, 4.69) is 25.6 Å². The first-order chi connectivity index (χ1) is 18.9. The Kier molecular flexibility index (Phi) is 6.91. The summed E-state index contributed by atoms with van der Waals surface area (Å²) in [5.41, 5.74) is 4.80. The largest absolute Gasteiger partial charge is 0.323 e. The van der Waals surface area contributed by atoms with Crippen LogP contribution in [0.1, 0.15) is 21.5 Å². The lowest BCUT2D eigenvalue weighted by molar-refractivity contribution is -0.384. The first kappa shape index (κ1) is 25.0. The number of hydrogen-bond acceptors (Lipinski definition) is 6. The smallest absolute Gasteiger partial charge is 0.269 e. The number of imidazole rings is 1. The Bertz CT molecular complexity index is 1730. The van der Waals surface area contributed by atoms with E-state index in [1.807, 2.05) is 30.3 Å². The molecule has 5 rings (SSSR count). The fourth-order valence-corrected chi connectivity index (χ4v) is 3.90. The second-order valence-corrected chi connectivity index (χ2v) is 8.70. The fourth-order valence-electron chi connectivity index (χ4n) is 3.90. The number of non-ortho nitro benzene ring substituents is 1. The van der Waals surface area contributed by atoms with E-state index in [0.29, 0.717) is 39.5 Å². The highest BCUT2D eigenvalue weighted by Gasteiger charge is 2.13. The molecule has 0 unspecified atom stereocenters. The number of aromatic amines is 1. The molecule has 192 valence electrons. The minimum absolute atomic E-state index is 0.0286. The third-order valence-corrected chi connectivity index (χ3v) is 5.92. The lowest BCUT2D eigenvalue weighted by atomic mass is 10.1. The van der Waals surface area contributed by atoms with Crippen LogP contribution in [0.15, 0.2) is 91.1 Å². The van der Waals surface area contributed by atoms with Crippen LogP contribution in [-0.2, 0) is 4.79 Å². The molecule has 0 bridgehead atoms. The van der Waals surface area contributed by atoms with Gasteiger partial charge in [-0.3, -0.25) is 19.7 Å². The van der Waals surface area contributed by atoms with E-state index in [1.165, 1.54) is 18.2 Å². The molecule has 3 aromatic carbocycles. The molecule has 0 radical (unpaired) electrons. The van der Waals surface area contributed by atoms with Crippen LogP contribution in [0.4, 0.5) is 17.1 Å². The van der Waals surface area contributed by atoms with Gasteiger partial charge in [0.25, 0.3) is 11.6 Å². The molecule has 2 aromatic heterocycles. The van der Waals surface area contributed by atoms with E-state index < -0.39 is 10.8 Å². The van der Waals surface area contributed by atoms with Crippen LogP contribution in [0.5, 0.6) is 0 Å². The van der Waals surface area contributed by atoms with Crippen molar-refractivity contribution in [2.45, 2.75) is 6.92 Å². The summed E-state index contributed by atoms with van der Waals surface area (Å²) in [5, 5.41) is 16.4. The lowest BCUT2D eigenvalue weighted by Crippen LogP contribution is -2.15. The van der Waals surface area contributed by atoms with Gasteiger partial charge >= 0.3 is 0 Å². The highest BCUT2D eigenvalue weighted by molar-refractivity contribution is 6.07. The topological polar surface area (TPSA) is 143 Å². The Labute approximate surface area is 222 Å². The molecule has 3 N–H and O–H groups in total. The summed E-state index contributed by atoms with van der Waals surface area (Å²) in [7, 11) is 0. The zero-order valence-corrected chi connectivity index (χ0v) is 20.7. The molecule has 0 aliphatic heterocycles. The number of carbonyl (C=O) groups is 2. The van der Waals surface area contributed by atoms with E-state index in [-0.39, 0.29) is 11.6 Å². The monoisotopic (exact) mass is 518 g/mol. The third-order valence-electron chi connectivity index (χ3n) is 5.92. The van der Waals surface area contributed by atoms with Crippen LogP contribution in [0.3, 0.4) is 0 Å². The van der Waals surface area contributed by atoms with Crippen LogP contribution >= 0.6 is 0 Å². The average molecular weight is 519 g/mol. The normalized spacial score (nSPS) is 11.0. The van der Waals surface area contributed by atoms with Gasteiger partial charge in [-0.2, -0.15) is 0 Å². The number of aromatic nitrogens is 3. The fraction of sp³-hybridized carbons (Fsp3) is 0.0345. The van der Waals surface area contributed by atoms with Crippen molar-refractivity contribution in [2.24, 2.45) is 0 Å². The van der Waals surface area contributed by atoms with E-state index in [1.54, 1.807) is 55.6 Å². The van der Waals surface area contributed by atoms with E-state index >= 15 is 0 Å². The molecule has 5 aromatic rings. The molecule has 2 heterocycles. The van der Waals surface area contributed by atoms with Gasteiger partial charge in [-0.15, -0.1) is 0 Å². The van der Waals surface area contributed by atoms with Gasteiger partial charge in [0, 0.05) is 35.0 Å². The molecule has 10 heteroatoms. The number of rotatable bonds is 7. The van der Waals surface area contributed by atoms with Crippen LogP contribution in [0.2, 0.25) is 0 Å². The zero-order chi connectivity index (χ0) is 27.4. The molecular weight excluding hydrogens is 496 g/mol. The van der Waals surface area contributed by atoms with Crippen LogP contribution < -0.4 is 10.6 Å². The number of benzene rings is 3. The number of aryl methyl sites for hydroxylation is 1. The second-order valence-electron chi connectivity index (χ2n) is 8.70. The number of pyridine rings is 1. The van der Waals surface area contributed by atoms with Crippen molar-refractivity contribution in [2.75, 3.05) is 10.6 Å². The Balaban J connectivity index is 1.27. The van der Waals surface area contributed by atoms with E-state index in [4.69, 9.17) is 0 Å². The van der Waals surface area contributed by atoms with Gasteiger partial charge in [0.05, 0.1) is 16.8 Å². The van der Waals surface area contributed by atoms with Crippen LogP contribution in [-0.4, -0.2) is 31.7 Å². The number of hydrogen-bond donors (Lipinski definition) is 3. The van der Waals surface area contributed by atoms with Gasteiger partial charge in [-0.25, -0.2) is 9.97 Å². The number of H-pyrrole nitrogens is 1. The molecule has 10 nitrogen and oxygen atoms in total. The van der Waals surface area contributed by atoms with Crippen LogP contribution in [0, 0.1) is 17.0 Å². The summed E-state index contributed by atoms with van der Waals surface area (Å²) in [6.45, 7) is 1.80. The third kappa shape index (κ3) is 5.86. The molecule has 0 fully saturated rings. The Morgan fingerprint density at radius 2 is 1.72 bits per heavy atom. The molecular formula is C29H22N6O4. The molecule has 2 amide bonds. The average Bonchev–Trinajstić information content (AvgIpc) is 3.37. The van der Waals surface area contributed by atoms with Crippen molar-refractivity contribution >= 4 is 46.1 Å².